The van der Waals surface area contributed by atoms with Crippen LogP contribution in [0.25, 0.3) is 6.08 Å². The molecule has 1 aromatic rings. The van der Waals surface area contributed by atoms with Gasteiger partial charge in [0.15, 0.2) is 0 Å². The van der Waals surface area contributed by atoms with Gasteiger partial charge in [-0.25, -0.2) is 0 Å². The van der Waals surface area contributed by atoms with Crippen molar-refractivity contribution in [2.45, 2.75) is 6.92 Å². The van der Waals surface area contributed by atoms with Gasteiger partial charge in [-0.05, 0) is 30.7 Å². The molecule has 1 rings (SSSR count). The van der Waals surface area contributed by atoms with Gasteiger partial charge in [0.1, 0.15) is 17.4 Å². The Morgan fingerprint density at radius 3 is 2.62 bits per heavy atom. The van der Waals surface area contributed by atoms with E-state index in [1.165, 1.54) is 18.2 Å². The Morgan fingerprint density at radius 2 is 2.12 bits per heavy atom. The summed E-state index contributed by atoms with van der Waals surface area (Å²) < 4.78 is 0. The fourth-order valence-electron chi connectivity index (χ4n) is 1.14. The van der Waals surface area contributed by atoms with E-state index in [4.69, 9.17) is 10.4 Å². The monoisotopic (exact) mass is 216 g/mol. The van der Waals surface area contributed by atoms with E-state index < -0.39 is 5.91 Å². The number of nitriles is 1. The molecule has 0 aliphatic heterocycles. The number of benzene rings is 1. The zero-order chi connectivity index (χ0) is 12.0. The SMILES string of the molecule is CCNC(=O)/C(C#N)=C/c1ccc(O)cc1. The summed E-state index contributed by atoms with van der Waals surface area (Å²) in [6.07, 6.45) is 1.48. The number of hydrogen-bond acceptors (Lipinski definition) is 3. The molecule has 0 radical (unpaired) electrons. The highest BCUT2D eigenvalue weighted by atomic mass is 16.3. The first-order chi connectivity index (χ1) is 7.67. The lowest BCUT2D eigenvalue weighted by atomic mass is 10.1. The molecule has 1 amide bonds. The van der Waals surface area contributed by atoms with E-state index in [1.807, 2.05) is 6.07 Å². The second-order valence-corrected chi connectivity index (χ2v) is 3.12. The summed E-state index contributed by atoms with van der Waals surface area (Å²) in [7, 11) is 0. The van der Waals surface area contributed by atoms with Crippen LogP contribution in [0.4, 0.5) is 0 Å². The van der Waals surface area contributed by atoms with E-state index in [9.17, 15) is 4.79 Å². The second kappa shape index (κ2) is 5.56. The van der Waals surface area contributed by atoms with Gasteiger partial charge < -0.3 is 10.4 Å². The summed E-state index contributed by atoms with van der Waals surface area (Å²) in [6, 6.07) is 8.10. The van der Waals surface area contributed by atoms with Crippen LogP contribution in [0.15, 0.2) is 29.8 Å². The van der Waals surface area contributed by atoms with Gasteiger partial charge >= 0.3 is 0 Å². The van der Waals surface area contributed by atoms with Crippen molar-refractivity contribution in [2.24, 2.45) is 0 Å². The minimum atomic E-state index is -0.391. The molecule has 0 saturated heterocycles. The molecule has 0 unspecified atom stereocenters. The summed E-state index contributed by atoms with van der Waals surface area (Å²) >= 11 is 0. The molecule has 1 aromatic carbocycles. The average molecular weight is 216 g/mol. The number of rotatable bonds is 3. The molecule has 4 nitrogen and oxygen atoms in total. The average Bonchev–Trinajstić information content (AvgIpc) is 2.28. The maximum absolute atomic E-state index is 11.4. The highest BCUT2D eigenvalue weighted by molar-refractivity contribution is 6.01. The van der Waals surface area contributed by atoms with Crippen molar-refractivity contribution in [3.63, 3.8) is 0 Å². The first-order valence-corrected chi connectivity index (χ1v) is 4.86. The molecule has 0 spiro atoms. The number of nitrogens with one attached hydrogen (secondary N) is 1. The number of phenolic OH excluding ortho intramolecular Hbond substituents is 1. The first kappa shape index (κ1) is 11.8. The van der Waals surface area contributed by atoms with Crippen molar-refractivity contribution < 1.29 is 9.90 Å². The Bertz CT molecular complexity index is 441. The molecule has 0 aliphatic carbocycles. The Kier molecular flexibility index (Phi) is 4.10. The number of amides is 1. The van der Waals surface area contributed by atoms with Gasteiger partial charge in [0.25, 0.3) is 5.91 Å². The van der Waals surface area contributed by atoms with Crippen LogP contribution in [0, 0.1) is 11.3 Å². The zero-order valence-corrected chi connectivity index (χ0v) is 8.90. The summed E-state index contributed by atoms with van der Waals surface area (Å²) in [5.41, 5.74) is 0.744. The van der Waals surface area contributed by atoms with E-state index in [1.54, 1.807) is 19.1 Å². The molecule has 82 valence electrons. The molecule has 0 atom stereocenters. The van der Waals surface area contributed by atoms with Crippen LogP contribution >= 0.6 is 0 Å². The third-order valence-corrected chi connectivity index (χ3v) is 1.91. The summed E-state index contributed by atoms with van der Waals surface area (Å²) in [4.78, 5) is 11.4. The summed E-state index contributed by atoms with van der Waals surface area (Å²) in [5.74, 6) is -0.244. The predicted molar refractivity (Wildman–Crippen MR) is 60.4 cm³/mol. The number of nitrogens with zero attached hydrogens (tertiary/aromatic N) is 1. The second-order valence-electron chi connectivity index (χ2n) is 3.12. The number of hydrogen-bond donors (Lipinski definition) is 2. The maximum Gasteiger partial charge on any atom is 0.261 e. The molecular weight excluding hydrogens is 204 g/mol. The standard InChI is InChI=1S/C12H12N2O2/c1-2-14-12(16)10(8-13)7-9-3-5-11(15)6-4-9/h3-7,15H,2H2,1H3,(H,14,16)/b10-7+. The Morgan fingerprint density at radius 1 is 1.50 bits per heavy atom. The molecular formula is C12H12N2O2. The third kappa shape index (κ3) is 3.14. The van der Waals surface area contributed by atoms with Gasteiger partial charge in [0, 0.05) is 6.54 Å². The van der Waals surface area contributed by atoms with Gasteiger partial charge in [-0.2, -0.15) is 5.26 Å². The number of aromatic hydroxyl groups is 1. The van der Waals surface area contributed by atoms with E-state index >= 15 is 0 Å². The minimum absolute atomic E-state index is 0.0486. The van der Waals surface area contributed by atoms with Gasteiger partial charge in [-0.1, -0.05) is 12.1 Å². The lowest BCUT2D eigenvalue weighted by molar-refractivity contribution is -0.116. The minimum Gasteiger partial charge on any atom is -0.508 e. The van der Waals surface area contributed by atoms with Crippen molar-refractivity contribution in [3.8, 4) is 11.8 Å². The van der Waals surface area contributed by atoms with E-state index in [0.29, 0.717) is 12.1 Å². The zero-order valence-electron chi connectivity index (χ0n) is 8.90. The van der Waals surface area contributed by atoms with Gasteiger partial charge in [0.05, 0.1) is 0 Å². The van der Waals surface area contributed by atoms with E-state index in [-0.39, 0.29) is 11.3 Å². The molecule has 0 fully saturated rings. The number of carbonyl (C=O) groups is 1. The molecule has 0 bridgehead atoms. The Labute approximate surface area is 93.8 Å². The fourth-order valence-corrected chi connectivity index (χ4v) is 1.14. The fraction of sp³-hybridized carbons (Fsp3) is 0.167. The number of carbonyl (C=O) groups excluding carboxylic acids is 1. The van der Waals surface area contributed by atoms with Crippen LogP contribution in [-0.4, -0.2) is 17.6 Å². The molecule has 16 heavy (non-hydrogen) atoms. The highest BCUT2D eigenvalue weighted by Crippen LogP contribution is 2.12. The molecule has 0 saturated carbocycles. The number of likely N-dealkylation sites (N-methyl/N-ethyl adjacent to an activating group) is 1. The molecule has 4 heteroatoms. The van der Waals surface area contributed by atoms with Crippen molar-refractivity contribution in [1.29, 1.82) is 5.26 Å². The van der Waals surface area contributed by atoms with Gasteiger partial charge in [-0.3, -0.25) is 4.79 Å². The number of phenols is 1. The van der Waals surface area contributed by atoms with Crippen LogP contribution in [0.5, 0.6) is 5.75 Å². The van der Waals surface area contributed by atoms with E-state index in [2.05, 4.69) is 5.32 Å². The summed E-state index contributed by atoms with van der Waals surface area (Å²) in [6.45, 7) is 2.26. The molecule has 0 heterocycles. The quantitative estimate of drug-likeness (QED) is 0.593. The maximum atomic E-state index is 11.4. The lowest BCUT2D eigenvalue weighted by Crippen LogP contribution is -2.23. The third-order valence-electron chi connectivity index (χ3n) is 1.91. The smallest absolute Gasteiger partial charge is 0.261 e. The highest BCUT2D eigenvalue weighted by Gasteiger charge is 2.06. The van der Waals surface area contributed by atoms with Crippen LogP contribution in [0.2, 0.25) is 0 Å². The topological polar surface area (TPSA) is 73.1 Å². The van der Waals surface area contributed by atoms with Crippen LogP contribution in [-0.2, 0) is 4.79 Å². The first-order valence-electron chi connectivity index (χ1n) is 4.86. The van der Waals surface area contributed by atoms with Crippen molar-refractivity contribution in [3.05, 3.63) is 35.4 Å². The van der Waals surface area contributed by atoms with Crippen LogP contribution < -0.4 is 5.32 Å². The van der Waals surface area contributed by atoms with Crippen LogP contribution in [0.1, 0.15) is 12.5 Å². The summed E-state index contributed by atoms with van der Waals surface area (Å²) in [5, 5.41) is 20.4. The molecule has 0 aliphatic rings. The predicted octanol–water partition coefficient (Wildman–Crippen LogP) is 1.44. The van der Waals surface area contributed by atoms with E-state index in [0.717, 1.165) is 0 Å². The van der Waals surface area contributed by atoms with Crippen LogP contribution in [0.3, 0.4) is 0 Å². The largest absolute Gasteiger partial charge is 0.508 e. The molecule has 2 N–H and O–H groups in total. The van der Waals surface area contributed by atoms with Crippen molar-refractivity contribution in [1.82, 2.24) is 5.32 Å². The lowest BCUT2D eigenvalue weighted by Gasteiger charge is -2.00. The Balaban J connectivity index is 2.92. The normalized spacial score (nSPS) is 10.6. The van der Waals surface area contributed by atoms with Gasteiger partial charge in [-0.15, -0.1) is 0 Å². The van der Waals surface area contributed by atoms with Crippen molar-refractivity contribution in [2.75, 3.05) is 6.54 Å². The molecule has 0 aromatic heterocycles. The Hall–Kier alpha value is -2.28. The van der Waals surface area contributed by atoms with Crippen molar-refractivity contribution >= 4 is 12.0 Å². The van der Waals surface area contributed by atoms with Gasteiger partial charge in [0.2, 0.25) is 0 Å².